The Morgan fingerprint density at radius 3 is 0.698 bits per heavy atom. The van der Waals surface area contributed by atoms with E-state index in [1.807, 2.05) is 91.0 Å². The number of ether oxygens (including phenoxy) is 12. The van der Waals surface area contributed by atoms with Gasteiger partial charge in [-0.25, -0.2) is 0 Å². The minimum absolute atomic E-state index is 0.432. The van der Waals surface area contributed by atoms with Gasteiger partial charge in [-0.05, 0) is 91.0 Å². The van der Waals surface area contributed by atoms with Gasteiger partial charge >= 0.3 is 0 Å². The van der Waals surface area contributed by atoms with Crippen LogP contribution in [0.2, 0.25) is 0 Å². The lowest BCUT2D eigenvalue weighted by molar-refractivity contribution is 0.0180. The molecule has 0 aromatic heterocycles. The first-order valence-electron chi connectivity index (χ1n) is 21.0. The third-order valence-electron chi connectivity index (χ3n) is 8.45. The first-order chi connectivity index (χ1) is 31.1. The molecule has 0 fully saturated rings. The van der Waals surface area contributed by atoms with Crippen LogP contribution in [0.3, 0.4) is 0 Å². The number of hydrogen-bond donors (Lipinski definition) is 0. The molecule has 0 unspecified atom stereocenters. The highest BCUT2D eigenvalue weighted by Crippen LogP contribution is 2.16. The Hall–Kier alpha value is -5.40. The van der Waals surface area contributed by atoms with Gasteiger partial charge in [0.15, 0.2) is 0 Å². The van der Waals surface area contributed by atoms with Crippen molar-refractivity contribution in [3.8, 4) is 52.8 Å². The fourth-order valence-electron chi connectivity index (χ4n) is 5.23. The lowest BCUT2D eigenvalue weighted by atomic mass is 10.0. The zero-order chi connectivity index (χ0) is 44.3. The summed E-state index contributed by atoms with van der Waals surface area (Å²) in [6, 6.07) is 28.9. The van der Waals surface area contributed by atoms with E-state index in [-0.39, 0.29) is 0 Å². The van der Waals surface area contributed by atoms with Gasteiger partial charge in [0.25, 0.3) is 0 Å². The van der Waals surface area contributed by atoms with Crippen molar-refractivity contribution in [3.05, 3.63) is 124 Å². The minimum Gasteiger partial charge on any atom is -0.491 e. The molecule has 0 bridgehead atoms. The summed E-state index contributed by atoms with van der Waals surface area (Å²) in [7, 11) is 4.94. The molecule has 0 heterocycles. The fraction of sp³-hybridized carbons (Fsp3) is 0.412. The van der Waals surface area contributed by atoms with Crippen LogP contribution < -0.4 is 14.2 Å². The molecule has 0 spiro atoms. The molecule has 4 aromatic rings. The molecule has 0 amide bonds. The maximum atomic E-state index is 5.82. The number of rotatable bonds is 30. The maximum absolute atomic E-state index is 5.82. The van der Waals surface area contributed by atoms with Gasteiger partial charge < -0.3 is 56.8 Å². The Morgan fingerprint density at radius 1 is 0.254 bits per heavy atom. The van der Waals surface area contributed by atoms with E-state index in [9.17, 15) is 0 Å². The molecular weight excluding hydrogens is 805 g/mol. The second kappa shape index (κ2) is 33.2. The van der Waals surface area contributed by atoms with Crippen molar-refractivity contribution in [2.45, 2.75) is 0 Å². The van der Waals surface area contributed by atoms with E-state index in [4.69, 9.17) is 56.8 Å². The molecule has 12 nitrogen and oxygen atoms in total. The van der Waals surface area contributed by atoms with Gasteiger partial charge in [0.05, 0.1) is 99.1 Å². The lowest BCUT2D eigenvalue weighted by Crippen LogP contribution is -2.12. The van der Waals surface area contributed by atoms with E-state index in [0.29, 0.717) is 119 Å². The molecule has 12 heteroatoms. The Bertz CT molecular complexity index is 1760. The van der Waals surface area contributed by atoms with Crippen LogP contribution in [0.5, 0.6) is 17.2 Å². The molecule has 0 aliphatic heterocycles. The summed E-state index contributed by atoms with van der Waals surface area (Å²) in [6.07, 6.45) is 0. The van der Waals surface area contributed by atoms with Crippen LogP contribution >= 0.6 is 0 Å². The van der Waals surface area contributed by atoms with Crippen LogP contribution in [-0.4, -0.2) is 140 Å². The van der Waals surface area contributed by atoms with Crippen molar-refractivity contribution in [1.29, 1.82) is 0 Å². The zero-order valence-corrected chi connectivity index (χ0v) is 36.8. The molecule has 4 aromatic carbocycles. The Kier molecular flexibility index (Phi) is 26.5. The topological polar surface area (TPSA) is 111 Å². The molecule has 0 aliphatic carbocycles. The van der Waals surface area contributed by atoms with Crippen molar-refractivity contribution in [2.75, 3.05) is 140 Å². The minimum atomic E-state index is 0.432. The molecule has 0 aliphatic rings. The van der Waals surface area contributed by atoms with Gasteiger partial charge in [0.2, 0.25) is 0 Å². The first-order valence-corrected chi connectivity index (χ1v) is 21.0. The highest BCUT2D eigenvalue weighted by Gasteiger charge is 2.01. The van der Waals surface area contributed by atoms with Crippen LogP contribution in [0, 0.1) is 35.5 Å². The SMILES string of the molecule is COCCOCCOCCOc1ccc(C#Cc2cc(C#Cc3ccc(OCCOCCOCCOC)cc3)cc(C#Cc3ccc(OCCOCCOCCOC)cc3)c2)cc1. The van der Waals surface area contributed by atoms with E-state index < -0.39 is 0 Å². The Balaban J connectivity index is 1.36. The normalized spacial score (nSPS) is 10.5. The van der Waals surface area contributed by atoms with Crippen molar-refractivity contribution in [1.82, 2.24) is 0 Å². The van der Waals surface area contributed by atoms with Crippen LogP contribution in [0.25, 0.3) is 0 Å². The first kappa shape index (κ1) is 50.2. The van der Waals surface area contributed by atoms with Gasteiger partial charge in [-0.15, -0.1) is 0 Å². The summed E-state index contributed by atoms with van der Waals surface area (Å²) in [6.45, 7) is 9.11. The van der Waals surface area contributed by atoms with Crippen molar-refractivity contribution in [3.63, 3.8) is 0 Å². The van der Waals surface area contributed by atoms with Crippen molar-refractivity contribution in [2.24, 2.45) is 0 Å². The van der Waals surface area contributed by atoms with E-state index >= 15 is 0 Å². The predicted molar refractivity (Wildman–Crippen MR) is 241 cm³/mol. The van der Waals surface area contributed by atoms with Crippen LogP contribution in [-0.2, 0) is 42.6 Å². The summed E-state index contributed by atoms with van der Waals surface area (Å²) < 4.78 is 65.3. The molecule has 0 saturated heterocycles. The summed E-state index contributed by atoms with van der Waals surface area (Å²) >= 11 is 0. The third-order valence-corrected chi connectivity index (χ3v) is 8.45. The molecule has 63 heavy (non-hydrogen) atoms. The zero-order valence-electron chi connectivity index (χ0n) is 36.8. The summed E-state index contributed by atoms with van der Waals surface area (Å²) in [5.74, 6) is 21.9. The van der Waals surface area contributed by atoms with E-state index in [1.54, 1.807) is 21.3 Å². The Morgan fingerprint density at radius 2 is 0.460 bits per heavy atom. The molecule has 0 N–H and O–H groups in total. The van der Waals surface area contributed by atoms with Gasteiger partial charge in [-0.2, -0.15) is 0 Å². The summed E-state index contributed by atoms with van der Waals surface area (Å²) in [5.41, 5.74) is 4.90. The number of methoxy groups -OCH3 is 3. The predicted octanol–water partition coefficient (Wildman–Crippen LogP) is 6.06. The van der Waals surface area contributed by atoms with Gasteiger partial charge in [0, 0.05) is 54.7 Å². The van der Waals surface area contributed by atoms with Crippen LogP contribution in [0.1, 0.15) is 33.4 Å². The molecule has 0 atom stereocenters. The van der Waals surface area contributed by atoms with Crippen molar-refractivity contribution >= 4 is 0 Å². The number of benzene rings is 4. The second-order valence-electron chi connectivity index (χ2n) is 13.3. The van der Waals surface area contributed by atoms with Crippen LogP contribution in [0.15, 0.2) is 91.0 Å². The smallest absolute Gasteiger partial charge is 0.119 e. The maximum Gasteiger partial charge on any atom is 0.119 e. The fourth-order valence-corrected chi connectivity index (χ4v) is 5.23. The van der Waals surface area contributed by atoms with Crippen LogP contribution in [0.4, 0.5) is 0 Å². The molecule has 4 rings (SSSR count). The van der Waals surface area contributed by atoms with E-state index in [1.165, 1.54) is 0 Å². The monoisotopic (exact) mass is 864 g/mol. The molecule has 0 saturated carbocycles. The molecular formula is C51H60O12. The quantitative estimate of drug-likeness (QED) is 0.0449. The van der Waals surface area contributed by atoms with Crippen molar-refractivity contribution < 1.29 is 56.8 Å². The van der Waals surface area contributed by atoms with E-state index in [2.05, 4.69) is 35.5 Å². The standard InChI is InChI=1S/C51H60O12/c1-52-22-25-55-28-31-58-34-37-61-49-16-10-43(11-17-49)4-7-46-40-47(8-5-44-12-18-50(19-13-44)62-38-35-59-32-29-56-26-23-53-2)42-48(41-46)9-6-45-14-20-51(21-15-45)63-39-36-60-33-30-57-27-24-54-3/h10-21,40-42H,22-39H2,1-3H3. The molecule has 336 valence electrons. The summed E-state index contributed by atoms with van der Waals surface area (Å²) in [4.78, 5) is 0. The highest BCUT2D eigenvalue weighted by atomic mass is 16.6. The molecule has 0 radical (unpaired) electrons. The lowest BCUT2D eigenvalue weighted by Gasteiger charge is -2.08. The number of hydrogen-bond acceptors (Lipinski definition) is 12. The second-order valence-corrected chi connectivity index (χ2v) is 13.3. The summed E-state index contributed by atoms with van der Waals surface area (Å²) in [5, 5.41) is 0. The third kappa shape index (κ3) is 23.6. The highest BCUT2D eigenvalue weighted by molar-refractivity contribution is 5.55. The van der Waals surface area contributed by atoms with Gasteiger partial charge in [-0.3, -0.25) is 0 Å². The average Bonchev–Trinajstić information content (AvgIpc) is 3.31. The van der Waals surface area contributed by atoms with Gasteiger partial charge in [-0.1, -0.05) is 35.5 Å². The van der Waals surface area contributed by atoms with E-state index in [0.717, 1.165) is 50.6 Å². The average molecular weight is 865 g/mol. The Labute approximate surface area is 373 Å². The largest absolute Gasteiger partial charge is 0.491 e. The van der Waals surface area contributed by atoms with Gasteiger partial charge in [0.1, 0.15) is 37.1 Å².